The summed E-state index contributed by atoms with van der Waals surface area (Å²) in [5, 5.41) is 10.7. The minimum absolute atomic E-state index is 0.0118. The third-order valence-electron chi connectivity index (χ3n) is 5.45. The smallest absolute Gasteiger partial charge is 0.256 e. The Kier molecular flexibility index (Phi) is 3.87. The highest BCUT2D eigenvalue weighted by atomic mass is 16.5. The summed E-state index contributed by atoms with van der Waals surface area (Å²) in [5.41, 5.74) is 3.62. The molecule has 134 valence electrons. The van der Waals surface area contributed by atoms with Crippen LogP contribution >= 0.6 is 0 Å². The van der Waals surface area contributed by atoms with E-state index in [1.54, 1.807) is 19.2 Å². The molecule has 3 aromatic rings. The number of likely N-dealkylation sites (tertiary alicyclic amines) is 1. The highest BCUT2D eigenvalue weighted by molar-refractivity contribution is 6.09. The number of carbonyl (C=O) groups excluding carboxylic acids is 1. The van der Waals surface area contributed by atoms with Crippen LogP contribution in [0.3, 0.4) is 0 Å². The van der Waals surface area contributed by atoms with Gasteiger partial charge in [0.15, 0.2) is 0 Å². The van der Waals surface area contributed by atoms with E-state index in [0.717, 1.165) is 40.9 Å². The fourth-order valence-corrected chi connectivity index (χ4v) is 3.80. The normalized spacial score (nSPS) is 16.6. The number of fused-ring (bicyclic) bond motifs is 1. The Hall–Kier alpha value is -2.95. The fraction of sp³-hybridized carbons (Fsp3) is 0.286. The van der Waals surface area contributed by atoms with Crippen molar-refractivity contribution in [3.05, 3.63) is 59.3 Å². The predicted octanol–water partition coefficient (Wildman–Crippen LogP) is 3.79. The van der Waals surface area contributed by atoms with Crippen LogP contribution < -0.4 is 4.74 Å². The van der Waals surface area contributed by atoms with E-state index in [9.17, 15) is 9.90 Å². The maximum absolute atomic E-state index is 13.3. The number of ether oxygens (including phenoxy) is 1. The lowest BCUT2D eigenvalue weighted by atomic mass is 9.93. The van der Waals surface area contributed by atoms with Crippen molar-refractivity contribution in [3.8, 4) is 11.5 Å². The number of methoxy groups -OCH3 is 1. The molecule has 1 aliphatic rings. The van der Waals surface area contributed by atoms with Crippen LogP contribution in [0.25, 0.3) is 10.9 Å². The Balaban J connectivity index is 1.73. The number of nitrogens with zero attached hydrogens (tertiary/aromatic N) is 2. The second-order valence-electron chi connectivity index (χ2n) is 6.80. The number of amides is 1. The Labute approximate surface area is 152 Å². The molecule has 5 heteroatoms. The van der Waals surface area contributed by atoms with Gasteiger partial charge in [0.2, 0.25) is 0 Å². The first-order valence-corrected chi connectivity index (χ1v) is 8.74. The summed E-state index contributed by atoms with van der Waals surface area (Å²) < 4.78 is 7.32. The third-order valence-corrected chi connectivity index (χ3v) is 5.45. The highest BCUT2D eigenvalue weighted by Gasteiger charge is 2.36. The first-order chi connectivity index (χ1) is 12.5. The average Bonchev–Trinajstić information content (AvgIpc) is 2.84. The molecule has 2 aromatic carbocycles. The summed E-state index contributed by atoms with van der Waals surface area (Å²) in [4.78, 5) is 15.2. The first kappa shape index (κ1) is 16.5. The summed E-state index contributed by atoms with van der Waals surface area (Å²) in [6, 6.07) is 13.1. The van der Waals surface area contributed by atoms with E-state index in [1.165, 1.54) is 0 Å². The maximum atomic E-state index is 13.3. The molecule has 0 aliphatic carbocycles. The van der Waals surface area contributed by atoms with Crippen molar-refractivity contribution >= 4 is 16.8 Å². The second kappa shape index (κ2) is 6.09. The van der Waals surface area contributed by atoms with Gasteiger partial charge in [0.05, 0.1) is 18.7 Å². The van der Waals surface area contributed by atoms with E-state index in [2.05, 4.69) is 0 Å². The summed E-state index contributed by atoms with van der Waals surface area (Å²) in [7, 11) is 3.59. The van der Waals surface area contributed by atoms with Crippen LogP contribution in [0.4, 0.5) is 0 Å². The summed E-state index contributed by atoms with van der Waals surface area (Å²) in [5.74, 6) is 0.982. The molecule has 1 atom stereocenters. The van der Waals surface area contributed by atoms with Crippen LogP contribution in [0.15, 0.2) is 42.5 Å². The molecule has 0 unspecified atom stereocenters. The maximum Gasteiger partial charge on any atom is 0.256 e. The zero-order valence-corrected chi connectivity index (χ0v) is 15.2. The minimum Gasteiger partial charge on any atom is -0.508 e. The molecule has 1 aromatic heterocycles. The standard InChI is InChI=1S/C21H22N2O3/c1-13-20(17-12-15(24)7-8-19(17)22(13)2)21(25)23-10-9-18(23)14-5-4-6-16(11-14)26-3/h4-8,11-12,18,24H,9-10H2,1-3H3/t18-/m0/s1. The molecule has 5 nitrogen and oxygen atoms in total. The molecule has 4 rings (SSSR count). The van der Waals surface area contributed by atoms with Crippen LogP contribution in [0.1, 0.15) is 34.1 Å². The molecule has 0 saturated carbocycles. The van der Waals surface area contributed by atoms with Crippen molar-refractivity contribution in [2.45, 2.75) is 19.4 Å². The van der Waals surface area contributed by atoms with Crippen molar-refractivity contribution in [3.63, 3.8) is 0 Å². The molecule has 1 saturated heterocycles. The van der Waals surface area contributed by atoms with Crippen molar-refractivity contribution < 1.29 is 14.6 Å². The van der Waals surface area contributed by atoms with E-state index in [4.69, 9.17) is 4.74 Å². The lowest BCUT2D eigenvalue weighted by Crippen LogP contribution is -2.45. The van der Waals surface area contributed by atoms with Gasteiger partial charge in [0, 0.05) is 30.2 Å². The number of aromatic nitrogens is 1. The Bertz CT molecular complexity index is 1010. The number of phenolic OH excluding ortho intramolecular Hbond substituents is 1. The lowest BCUT2D eigenvalue weighted by Gasteiger charge is -2.41. The molecule has 0 radical (unpaired) electrons. The fourth-order valence-electron chi connectivity index (χ4n) is 3.80. The van der Waals surface area contributed by atoms with Gasteiger partial charge in [0.1, 0.15) is 11.5 Å². The van der Waals surface area contributed by atoms with Crippen molar-refractivity contribution in [2.24, 2.45) is 7.05 Å². The summed E-state index contributed by atoms with van der Waals surface area (Å²) >= 11 is 0. The molecule has 1 amide bonds. The Morgan fingerprint density at radius 2 is 2.04 bits per heavy atom. The summed E-state index contributed by atoms with van der Waals surface area (Å²) in [6.07, 6.45) is 0.938. The van der Waals surface area contributed by atoms with E-state index in [0.29, 0.717) is 5.56 Å². The number of rotatable bonds is 3. The van der Waals surface area contributed by atoms with Gasteiger partial charge in [0.25, 0.3) is 5.91 Å². The third kappa shape index (κ3) is 2.43. The molecule has 2 heterocycles. The van der Waals surface area contributed by atoms with Crippen LogP contribution in [0.5, 0.6) is 11.5 Å². The molecule has 1 fully saturated rings. The van der Waals surface area contributed by atoms with Crippen molar-refractivity contribution in [1.82, 2.24) is 9.47 Å². The minimum atomic E-state index is 0.0118. The number of benzene rings is 2. The SMILES string of the molecule is COc1cccc([C@@H]2CCN2C(=O)c2c(C)n(C)c3ccc(O)cc23)c1. The highest BCUT2D eigenvalue weighted by Crippen LogP contribution is 2.38. The van der Waals surface area contributed by atoms with Crippen LogP contribution in [-0.2, 0) is 7.05 Å². The van der Waals surface area contributed by atoms with Gasteiger partial charge in [-0.15, -0.1) is 0 Å². The molecular formula is C21H22N2O3. The number of carbonyl (C=O) groups is 1. The van der Waals surface area contributed by atoms with Gasteiger partial charge in [-0.3, -0.25) is 4.79 Å². The zero-order valence-electron chi connectivity index (χ0n) is 15.2. The number of aromatic hydroxyl groups is 1. The van der Waals surface area contributed by atoms with Crippen molar-refractivity contribution in [1.29, 1.82) is 0 Å². The lowest BCUT2D eigenvalue weighted by molar-refractivity contribution is 0.0461. The number of hydrogen-bond acceptors (Lipinski definition) is 3. The molecule has 0 spiro atoms. The van der Waals surface area contributed by atoms with Crippen LogP contribution in [0, 0.1) is 6.92 Å². The molecule has 1 aliphatic heterocycles. The summed E-state index contributed by atoms with van der Waals surface area (Å²) in [6.45, 7) is 2.68. The molecule has 26 heavy (non-hydrogen) atoms. The number of hydrogen-bond donors (Lipinski definition) is 1. The van der Waals surface area contributed by atoms with Gasteiger partial charge >= 0.3 is 0 Å². The number of aryl methyl sites for hydroxylation is 1. The van der Waals surface area contributed by atoms with E-state index in [1.807, 2.05) is 53.8 Å². The van der Waals surface area contributed by atoms with Gasteiger partial charge in [-0.1, -0.05) is 12.1 Å². The van der Waals surface area contributed by atoms with Gasteiger partial charge < -0.3 is 19.3 Å². The largest absolute Gasteiger partial charge is 0.508 e. The monoisotopic (exact) mass is 350 g/mol. The van der Waals surface area contributed by atoms with Crippen LogP contribution in [-0.4, -0.2) is 34.1 Å². The number of phenols is 1. The Morgan fingerprint density at radius 1 is 1.23 bits per heavy atom. The Morgan fingerprint density at radius 3 is 2.73 bits per heavy atom. The van der Waals surface area contributed by atoms with Gasteiger partial charge in [-0.05, 0) is 49.2 Å². The van der Waals surface area contributed by atoms with E-state index >= 15 is 0 Å². The van der Waals surface area contributed by atoms with E-state index in [-0.39, 0.29) is 17.7 Å². The first-order valence-electron chi connectivity index (χ1n) is 8.74. The average molecular weight is 350 g/mol. The predicted molar refractivity (Wildman–Crippen MR) is 101 cm³/mol. The van der Waals surface area contributed by atoms with Gasteiger partial charge in [-0.2, -0.15) is 0 Å². The second-order valence-corrected chi connectivity index (χ2v) is 6.80. The van der Waals surface area contributed by atoms with Crippen LogP contribution in [0.2, 0.25) is 0 Å². The zero-order chi connectivity index (χ0) is 18.4. The quantitative estimate of drug-likeness (QED) is 0.782. The molecular weight excluding hydrogens is 328 g/mol. The molecule has 0 bridgehead atoms. The van der Waals surface area contributed by atoms with E-state index < -0.39 is 0 Å². The topological polar surface area (TPSA) is 54.7 Å². The van der Waals surface area contributed by atoms with Crippen molar-refractivity contribution in [2.75, 3.05) is 13.7 Å². The molecule has 1 N–H and O–H groups in total. The van der Waals surface area contributed by atoms with Gasteiger partial charge in [-0.25, -0.2) is 0 Å².